The van der Waals surface area contributed by atoms with E-state index in [4.69, 9.17) is 4.74 Å². The van der Waals surface area contributed by atoms with E-state index in [-0.39, 0.29) is 18.5 Å². The molecule has 0 fully saturated rings. The van der Waals surface area contributed by atoms with Gasteiger partial charge in [-0.15, -0.1) is 0 Å². The van der Waals surface area contributed by atoms with Crippen LogP contribution in [-0.4, -0.2) is 47.4 Å². The summed E-state index contributed by atoms with van der Waals surface area (Å²) in [6, 6.07) is -0.549. The van der Waals surface area contributed by atoms with Crippen LogP contribution in [0.4, 0.5) is 0 Å². The number of aliphatic hydroxyl groups is 2. The Hall–Kier alpha value is -1.66. The number of rotatable bonds is 59. The van der Waals surface area contributed by atoms with Crippen molar-refractivity contribution in [1.82, 2.24) is 5.32 Å². The first-order valence-electron chi connectivity index (χ1n) is 31.6. The lowest BCUT2D eigenvalue weighted by Crippen LogP contribution is -2.45. The predicted molar refractivity (Wildman–Crippen MR) is 306 cm³/mol. The number of hydrogen-bond acceptors (Lipinski definition) is 5. The third-order valence-electron chi connectivity index (χ3n) is 14.8. The monoisotopic (exact) mass is 986 g/mol. The molecule has 0 aromatic carbocycles. The molecule has 6 nitrogen and oxygen atoms in total. The van der Waals surface area contributed by atoms with E-state index in [1.807, 2.05) is 0 Å². The van der Waals surface area contributed by atoms with Crippen molar-refractivity contribution in [3.63, 3.8) is 0 Å². The van der Waals surface area contributed by atoms with Crippen LogP contribution in [0.5, 0.6) is 0 Å². The molecule has 0 heterocycles. The molecule has 0 aromatic rings. The normalized spacial score (nSPS) is 12.7. The molecule has 0 bridgehead atoms. The maximum absolute atomic E-state index is 12.5. The number of hydrogen-bond donors (Lipinski definition) is 3. The lowest BCUT2D eigenvalue weighted by molar-refractivity contribution is -0.143. The minimum atomic E-state index is -0.671. The van der Waals surface area contributed by atoms with Crippen LogP contribution in [-0.2, 0) is 14.3 Å². The van der Waals surface area contributed by atoms with E-state index < -0.39 is 12.1 Å². The van der Waals surface area contributed by atoms with Crippen molar-refractivity contribution in [2.24, 2.45) is 0 Å². The molecule has 0 aliphatic carbocycles. The zero-order chi connectivity index (χ0) is 50.7. The summed E-state index contributed by atoms with van der Waals surface area (Å²) in [6.45, 7) is 4.94. The number of carbonyl (C=O) groups is 2. The highest BCUT2D eigenvalue weighted by atomic mass is 16.5. The highest BCUT2D eigenvalue weighted by Crippen LogP contribution is 2.18. The van der Waals surface area contributed by atoms with Crippen molar-refractivity contribution in [3.05, 3.63) is 24.3 Å². The molecular formula is C64H123NO5. The first kappa shape index (κ1) is 68.3. The zero-order valence-electron chi connectivity index (χ0n) is 47.3. The van der Waals surface area contributed by atoms with Crippen LogP contribution in [0.15, 0.2) is 24.3 Å². The third kappa shape index (κ3) is 55.7. The van der Waals surface area contributed by atoms with Crippen molar-refractivity contribution in [1.29, 1.82) is 0 Å². The fourth-order valence-electron chi connectivity index (χ4n) is 9.93. The van der Waals surface area contributed by atoms with Gasteiger partial charge in [-0.25, -0.2) is 0 Å². The molecule has 0 aromatic heterocycles. The molecule has 0 saturated carbocycles. The fourth-order valence-corrected chi connectivity index (χ4v) is 9.93. The van der Waals surface area contributed by atoms with Gasteiger partial charge in [-0.05, 0) is 57.8 Å². The Balaban J connectivity index is 3.46. The smallest absolute Gasteiger partial charge is 0.305 e. The van der Waals surface area contributed by atoms with Crippen LogP contribution in [0.3, 0.4) is 0 Å². The molecule has 1 amide bonds. The molecule has 2 unspecified atom stereocenters. The average molecular weight is 987 g/mol. The van der Waals surface area contributed by atoms with Crippen LogP contribution < -0.4 is 5.32 Å². The molecular weight excluding hydrogens is 863 g/mol. The predicted octanol–water partition coefficient (Wildman–Crippen LogP) is 19.8. The summed E-state index contributed by atoms with van der Waals surface area (Å²) in [4.78, 5) is 24.6. The standard InChI is InChI=1S/C64H123NO5/c1-3-5-7-9-11-13-15-17-19-21-25-28-32-36-40-44-48-52-56-62(67)61(60-66)65-63(68)57-53-49-45-41-37-33-29-26-23-22-24-27-31-35-39-43-47-51-55-59-70-64(69)58-54-50-46-42-38-34-30-20-18-16-14-12-10-8-6-4-2/h27,31,35,39,61-62,66-67H,3-26,28-30,32-34,36-38,40-60H2,1-2H3,(H,65,68)/b31-27-,39-35-. The Kier molecular flexibility index (Phi) is 58.5. The number of allylic oxidation sites excluding steroid dienone is 4. The van der Waals surface area contributed by atoms with E-state index in [1.54, 1.807) is 0 Å². The van der Waals surface area contributed by atoms with Crippen LogP contribution in [0, 0.1) is 0 Å². The topological polar surface area (TPSA) is 95.9 Å². The van der Waals surface area contributed by atoms with Gasteiger partial charge in [-0.2, -0.15) is 0 Å². The van der Waals surface area contributed by atoms with E-state index in [0.717, 1.165) is 70.6 Å². The molecule has 3 N–H and O–H groups in total. The summed E-state index contributed by atoms with van der Waals surface area (Å²) in [5, 5.41) is 23.3. The van der Waals surface area contributed by atoms with Gasteiger partial charge in [0.15, 0.2) is 0 Å². The lowest BCUT2D eigenvalue weighted by Gasteiger charge is -2.22. The Labute approximate surface area is 437 Å². The summed E-state index contributed by atoms with van der Waals surface area (Å²) in [5.41, 5.74) is 0. The average Bonchev–Trinajstić information content (AvgIpc) is 3.36. The lowest BCUT2D eigenvalue weighted by atomic mass is 10.0. The second-order valence-corrected chi connectivity index (χ2v) is 21.8. The van der Waals surface area contributed by atoms with Gasteiger partial charge < -0.3 is 20.3 Å². The summed E-state index contributed by atoms with van der Waals surface area (Å²) in [5.74, 6) is -0.0512. The van der Waals surface area contributed by atoms with E-state index in [9.17, 15) is 19.8 Å². The Bertz CT molecular complexity index is 1090. The Morgan fingerprint density at radius 1 is 0.400 bits per heavy atom. The van der Waals surface area contributed by atoms with Gasteiger partial charge in [0.25, 0.3) is 0 Å². The summed E-state index contributed by atoms with van der Waals surface area (Å²) in [7, 11) is 0. The number of amides is 1. The quantitative estimate of drug-likeness (QED) is 0.0321. The molecule has 414 valence electrons. The van der Waals surface area contributed by atoms with E-state index in [0.29, 0.717) is 25.9 Å². The highest BCUT2D eigenvalue weighted by molar-refractivity contribution is 5.76. The van der Waals surface area contributed by atoms with Crippen LogP contribution in [0.1, 0.15) is 348 Å². The maximum Gasteiger partial charge on any atom is 0.305 e. The molecule has 0 aliphatic heterocycles. The maximum atomic E-state index is 12.5. The largest absolute Gasteiger partial charge is 0.466 e. The van der Waals surface area contributed by atoms with E-state index >= 15 is 0 Å². The number of aliphatic hydroxyl groups excluding tert-OH is 2. The number of unbranched alkanes of at least 4 members (excludes halogenated alkanes) is 45. The van der Waals surface area contributed by atoms with Gasteiger partial charge in [0.05, 0.1) is 25.4 Å². The molecule has 0 radical (unpaired) electrons. The van der Waals surface area contributed by atoms with Gasteiger partial charge in [0.2, 0.25) is 5.91 Å². The zero-order valence-corrected chi connectivity index (χ0v) is 47.3. The van der Waals surface area contributed by atoms with Gasteiger partial charge in [-0.1, -0.05) is 301 Å². The fraction of sp³-hybridized carbons (Fsp3) is 0.906. The van der Waals surface area contributed by atoms with Gasteiger partial charge in [0, 0.05) is 12.8 Å². The molecule has 0 spiro atoms. The molecule has 2 atom stereocenters. The molecule has 0 aliphatic rings. The summed E-state index contributed by atoms with van der Waals surface area (Å²) in [6.07, 6.45) is 73.3. The van der Waals surface area contributed by atoms with Crippen molar-refractivity contribution in [3.8, 4) is 0 Å². The van der Waals surface area contributed by atoms with E-state index in [2.05, 4.69) is 43.5 Å². The van der Waals surface area contributed by atoms with Crippen molar-refractivity contribution in [2.45, 2.75) is 360 Å². The van der Waals surface area contributed by atoms with Crippen molar-refractivity contribution < 1.29 is 24.5 Å². The first-order chi connectivity index (χ1) is 34.5. The third-order valence-corrected chi connectivity index (χ3v) is 14.8. The molecule has 0 rings (SSSR count). The summed E-state index contributed by atoms with van der Waals surface area (Å²) >= 11 is 0. The molecule has 70 heavy (non-hydrogen) atoms. The van der Waals surface area contributed by atoms with E-state index in [1.165, 1.54) is 244 Å². The first-order valence-corrected chi connectivity index (χ1v) is 31.6. The number of nitrogens with one attached hydrogen (secondary N) is 1. The molecule has 6 heteroatoms. The SMILES string of the molecule is CCCCCCCCCCCCCCCCCCCCC(O)C(CO)NC(=O)CCCCCCCCCCCC/C=C\C=C/CCCCCOC(=O)CCCCCCCCCCCCCCCCCC. The number of esters is 1. The van der Waals surface area contributed by atoms with Crippen LogP contribution in [0.2, 0.25) is 0 Å². The Morgan fingerprint density at radius 2 is 0.700 bits per heavy atom. The van der Waals surface area contributed by atoms with Gasteiger partial charge in [-0.3, -0.25) is 9.59 Å². The summed E-state index contributed by atoms with van der Waals surface area (Å²) < 4.78 is 5.47. The highest BCUT2D eigenvalue weighted by Gasteiger charge is 2.20. The van der Waals surface area contributed by atoms with Gasteiger partial charge in [0.1, 0.15) is 0 Å². The minimum absolute atomic E-state index is 0.00924. The van der Waals surface area contributed by atoms with Crippen LogP contribution >= 0.6 is 0 Å². The van der Waals surface area contributed by atoms with Crippen molar-refractivity contribution >= 4 is 11.9 Å². The van der Waals surface area contributed by atoms with Gasteiger partial charge >= 0.3 is 5.97 Å². The van der Waals surface area contributed by atoms with Crippen LogP contribution in [0.25, 0.3) is 0 Å². The number of carbonyl (C=O) groups excluding carboxylic acids is 2. The Morgan fingerprint density at radius 3 is 1.06 bits per heavy atom. The minimum Gasteiger partial charge on any atom is -0.466 e. The molecule has 0 saturated heterocycles. The van der Waals surface area contributed by atoms with Crippen molar-refractivity contribution in [2.75, 3.05) is 13.2 Å². The second-order valence-electron chi connectivity index (χ2n) is 21.8. The second kappa shape index (κ2) is 59.9. The number of ether oxygens (including phenoxy) is 1.